The highest BCUT2D eigenvalue weighted by Crippen LogP contribution is 2.19. The smallest absolute Gasteiger partial charge is 0.265 e. The van der Waals surface area contributed by atoms with Crippen molar-refractivity contribution in [1.82, 2.24) is 5.06 Å². The van der Waals surface area contributed by atoms with E-state index in [1.165, 1.54) is 5.06 Å². The van der Waals surface area contributed by atoms with Gasteiger partial charge in [-0.1, -0.05) is 30.3 Å². The predicted octanol–water partition coefficient (Wildman–Crippen LogP) is 0.676. The largest absolute Gasteiger partial charge is 0.318 e. The van der Waals surface area contributed by atoms with Gasteiger partial charge < -0.3 is 5.73 Å². The Hall–Kier alpha value is -1.39. The van der Waals surface area contributed by atoms with E-state index in [2.05, 4.69) is 0 Å². The van der Waals surface area contributed by atoms with Crippen LogP contribution >= 0.6 is 0 Å². The standard InChI is InChI=1S/C11H14N2O2/c1-8-10(12)11(14)13(8)15-7-9-5-3-2-4-6-9/h2-6,8,10H,7,12H2,1H3/t8-,10-/m0/s1. The van der Waals surface area contributed by atoms with E-state index in [9.17, 15) is 4.79 Å². The maximum atomic E-state index is 11.3. The zero-order valence-electron chi connectivity index (χ0n) is 8.59. The summed E-state index contributed by atoms with van der Waals surface area (Å²) in [7, 11) is 0. The lowest BCUT2D eigenvalue weighted by Gasteiger charge is -2.41. The fourth-order valence-electron chi connectivity index (χ4n) is 1.52. The van der Waals surface area contributed by atoms with Gasteiger partial charge >= 0.3 is 0 Å². The van der Waals surface area contributed by atoms with Crippen molar-refractivity contribution in [1.29, 1.82) is 0 Å². The third-order valence-corrected chi connectivity index (χ3v) is 2.61. The maximum Gasteiger partial charge on any atom is 0.265 e. The molecule has 0 radical (unpaired) electrons. The van der Waals surface area contributed by atoms with Crippen LogP contribution in [0.3, 0.4) is 0 Å². The zero-order chi connectivity index (χ0) is 10.8. The summed E-state index contributed by atoms with van der Waals surface area (Å²) in [5.41, 5.74) is 6.59. The van der Waals surface area contributed by atoms with Crippen LogP contribution in [0.1, 0.15) is 12.5 Å². The Balaban J connectivity index is 1.87. The van der Waals surface area contributed by atoms with Crippen molar-refractivity contribution < 1.29 is 9.63 Å². The van der Waals surface area contributed by atoms with E-state index in [0.717, 1.165) is 5.56 Å². The summed E-state index contributed by atoms with van der Waals surface area (Å²) < 4.78 is 0. The van der Waals surface area contributed by atoms with Crippen LogP contribution in [0, 0.1) is 0 Å². The first-order valence-corrected chi connectivity index (χ1v) is 4.95. The van der Waals surface area contributed by atoms with Gasteiger partial charge in [-0.05, 0) is 12.5 Å². The Morgan fingerprint density at radius 2 is 2.07 bits per heavy atom. The molecular weight excluding hydrogens is 192 g/mol. The normalized spacial score (nSPS) is 25.2. The van der Waals surface area contributed by atoms with Crippen LogP contribution in [0.5, 0.6) is 0 Å². The first kappa shape index (κ1) is 10.1. The van der Waals surface area contributed by atoms with Crippen LogP contribution in [0.15, 0.2) is 30.3 Å². The Kier molecular flexibility index (Phi) is 2.70. The highest BCUT2D eigenvalue weighted by atomic mass is 16.7. The second-order valence-corrected chi connectivity index (χ2v) is 3.69. The van der Waals surface area contributed by atoms with Crippen LogP contribution in [-0.2, 0) is 16.2 Å². The number of nitrogens with two attached hydrogens (primary N) is 1. The third-order valence-electron chi connectivity index (χ3n) is 2.61. The quantitative estimate of drug-likeness (QED) is 0.740. The molecule has 2 atom stereocenters. The lowest BCUT2D eigenvalue weighted by molar-refractivity contribution is -0.234. The van der Waals surface area contributed by atoms with E-state index < -0.39 is 6.04 Å². The molecule has 1 aromatic rings. The van der Waals surface area contributed by atoms with Crippen molar-refractivity contribution in [2.24, 2.45) is 5.73 Å². The summed E-state index contributed by atoms with van der Waals surface area (Å²) in [6.45, 7) is 2.28. The van der Waals surface area contributed by atoms with Gasteiger partial charge in [-0.25, -0.2) is 5.06 Å². The molecule has 0 bridgehead atoms. The second-order valence-electron chi connectivity index (χ2n) is 3.69. The summed E-state index contributed by atoms with van der Waals surface area (Å²) in [5.74, 6) is -0.140. The van der Waals surface area contributed by atoms with Crippen molar-refractivity contribution in [3.05, 3.63) is 35.9 Å². The van der Waals surface area contributed by atoms with E-state index in [0.29, 0.717) is 6.61 Å². The topological polar surface area (TPSA) is 55.6 Å². The molecule has 4 nitrogen and oxygen atoms in total. The van der Waals surface area contributed by atoms with Crippen molar-refractivity contribution in [3.8, 4) is 0 Å². The predicted molar refractivity (Wildman–Crippen MR) is 55.5 cm³/mol. The number of carbonyl (C=O) groups is 1. The number of amides is 1. The molecule has 1 saturated heterocycles. The van der Waals surface area contributed by atoms with Crippen molar-refractivity contribution in [3.63, 3.8) is 0 Å². The first-order chi connectivity index (χ1) is 7.20. The Bertz CT molecular complexity index is 353. The van der Waals surface area contributed by atoms with E-state index in [1.807, 2.05) is 37.3 Å². The average molecular weight is 206 g/mol. The lowest BCUT2D eigenvalue weighted by atomic mass is 10.0. The van der Waals surface area contributed by atoms with Gasteiger partial charge in [0.1, 0.15) is 12.6 Å². The number of rotatable bonds is 3. The molecule has 1 aliphatic rings. The van der Waals surface area contributed by atoms with Crippen LogP contribution < -0.4 is 5.73 Å². The fourth-order valence-corrected chi connectivity index (χ4v) is 1.52. The summed E-state index contributed by atoms with van der Waals surface area (Å²) >= 11 is 0. The van der Waals surface area contributed by atoms with Gasteiger partial charge in [0.05, 0.1) is 6.04 Å². The molecule has 0 aliphatic carbocycles. The molecule has 0 unspecified atom stereocenters. The van der Waals surface area contributed by atoms with Gasteiger partial charge in [-0.2, -0.15) is 0 Å². The molecule has 80 valence electrons. The zero-order valence-corrected chi connectivity index (χ0v) is 8.59. The van der Waals surface area contributed by atoms with Crippen molar-refractivity contribution >= 4 is 5.91 Å². The van der Waals surface area contributed by atoms with Crippen LogP contribution in [-0.4, -0.2) is 23.1 Å². The molecule has 2 rings (SSSR count). The second kappa shape index (κ2) is 4.00. The molecule has 4 heteroatoms. The monoisotopic (exact) mass is 206 g/mol. The van der Waals surface area contributed by atoms with Gasteiger partial charge in [0.25, 0.3) is 5.91 Å². The Morgan fingerprint density at radius 3 is 2.67 bits per heavy atom. The fraction of sp³-hybridized carbons (Fsp3) is 0.364. The van der Waals surface area contributed by atoms with Crippen molar-refractivity contribution in [2.45, 2.75) is 25.6 Å². The molecule has 15 heavy (non-hydrogen) atoms. The first-order valence-electron chi connectivity index (χ1n) is 4.95. The van der Waals surface area contributed by atoms with E-state index in [1.54, 1.807) is 0 Å². The average Bonchev–Trinajstić information content (AvgIpc) is 2.30. The number of β-lactam (4-membered cyclic amide) rings is 1. The molecule has 0 aromatic heterocycles. The summed E-state index contributed by atoms with van der Waals surface area (Å²) in [6, 6.07) is 9.29. The minimum Gasteiger partial charge on any atom is -0.318 e. The molecule has 1 aliphatic heterocycles. The molecule has 2 N–H and O–H groups in total. The highest BCUT2D eigenvalue weighted by Gasteiger charge is 2.43. The van der Waals surface area contributed by atoms with Gasteiger partial charge in [-0.3, -0.25) is 9.63 Å². The van der Waals surface area contributed by atoms with E-state index >= 15 is 0 Å². The van der Waals surface area contributed by atoms with Gasteiger partial charge in [0.2, 0.25) is 0 Å². The van der Waals surface area contributed by atoms with Crippen LogP contribution in [0.2, 0.25) is 0 Å². The maximum absolute atomic E-state index is 11.3. The van der Waals surface area contributed by atoms with E-state index in [-0.39, 0.29) is 11.9 Å². The highest BCUT2D eigenvalue weighted by molar-refractivity contribution is 5.87. The Labute approximate surface area is 88.6 Å². The number of hydroxylamine groups is 2. The van der Waals surface area contributed by atoms with Crippen LogP contribution in [0.25, 0.3) is 0 Å². The minimum absolute atomic E-state index is 0.0267. The number of benzene rings is 1. The van der Waals surface area contributed by atoms with Gasteiger partial charge in [-0.15, -0.1) is 0 Å². The number of hydrogen-bond acceptors (Lipinski definition) is 3. The summed E-state index contributed by atoms with van der Waals surface area (Å²) in [6.07, 6.45) is 0. The molecule has 1 fully saturated rings. The molecule has 1 heterocycles. The number of carbonyl (C=O) groups excluding carboxylic acids is 1. The molecule has 0 saturated carbocycles. The molecule has 0 spiro atoms. The van der Waals surface area contributed by atoms with Gasteiger partial charge in [0.15, 0.2) is 0 Å². The van der Waals surface area contributed by atoms with Crippen LogP contribution in [0.4, 0.5) is 0 Å². The van der Waals surface area contributed by atoms with E-state index in [4.69, 9.17) is 10.6 Å². The summed E-state index contributed by atoms with van der Waals surface area (Å²) in [5, 5.41) is 1.34. The minimum atomic E-state index is -0.402. The Morgan fingerprint density at radius 1 is 1.40 bits per heavy atom. The SMILES string of the molecule is C[C@H]1[C@H](N)C(=O)N1OCc1ccccc1. The number of hydrogen-bond donors (Lipinski definition) is 1. The van der Waals surface area contributed by atoms with Crippen molar-refractivity contribution in [2.75, 3.05) is 0 Å². The summed E-state index contributed by atoms with van der Waals surface area (Å²) in [4.78, 5) is 16.6. The molecular formula is C11H14N2O2. The lowest BCUT2D eigenvalue weighted by Crippen LogP contribution is -2.66. The molecule has 1 amide bonds. The molecule has 1 aromatic carbocycles. The third kappa shape index (κ3) is 1.86. The van der Waals surface area contributed by atoms with Gasteiger partial charge in [0, 0.05) is 0 Å². The number of nitrogens with zero attached hydrogens (tertiary/aromatic N) is 1.